The molecule has 0 unspecified atom stereocenters. The van der Waals surface area contributed by atoms with Gasteiger partial charge in [-0.3, -0.25) is 9.78 Å². The van der Waals surface area contributed by atoms with Gasteiger partial charge in [-0.25, -0.2) is 22.7 Å². The summed E-state index contributed by atoms with van der Waals surface area (Å²) in [7, 11) is 0. The second-order valence-corrected chi connectivity index (χ2v) is 7.54. The topological polar surface area (TPSA) is 72.2 Å². The smallest absolute Gasteiger partial charge is 0.257 e. The SMILES string of the molecule is Cc1ncc(-c2ccnn3c(-c4cccc(F)c4F)cnc23)cc1C(=O)Nc1ccc(F)cc1. The van der Waals surface area contributed by atoms with Gasteiger partial charge in [-0.1, -0.05) is 6.07 Å². The van der Waals surface area contributed by atoms with E-state index < -0.39 is 23.4 Å². The van der Waals surface area contributed by atoms with Crippen molar-refractivity contribution in [1.29, 1.82) is 0 Å². The highest BCUT2D eigenvalue weighted by molar-refractivity contribution is 6.05. The third kappa shape index (κ3) is 3.77. The van der Waals surface area contributed by atoms with Crippen molar-refractivity contribution in [3.8, 4) is 22.4 Å². The summed E-state index contributed by atoms with van der Waals surface area (Å²) < 4.78 is 42.7. The molecule has 0 saturated carbocycles. The van der Waals surface area contributed by atoms with Crippen molar-refractivity contribution in [3.63, 3.8) is 0 Å². The molecule has 0 spiro atoms. The lowest BCUT2D eigenvalue weighted by Gasteiger charge is -2.10. The summed E-state index contributed by atoms with van der Waals surface area (Å²) in [5.74, 6) is -2.78. The molecule has 3 heterocycles. The van der Waals surface area contributed by atoms with E-state index in [4.69, 9.17) is 0 Å². The Bertz CT molecular complexity index is 1550. The van der Waals surface area contributed by atoms with Gasteiger partial charge in [0.05, 0.1) is 23.1 Å². The molecule has 0 fully saturated rings. The Kier molecular flexibility index (Phi) is 5.29. The van der Waals surface area contributed by atoms with Crippen molar-refractivity contribution >= 4 is 17.2 Å². The molecule has 0 aliphatic heterocycles. The van der Waals surface area contributed by atoms with Crippen LogP contribution in [0.5, 0.6) is 0 Å². The summed E-state index contributed by atoms with van der Waals surface area (Å²) in [6.07, 6.45) is 4.51. The molecule has 1 N–H and O–H groups in total. The summed E-state index contributed by atoms with van der Waals surface area (Å²) in [5, 5.41) is 6.97. The zero-order valence-electron chi connectivity index (χ0n) is 17.8. The Labute approximate surface area is 191 Å². The molecular weight excluding hydrogens is 443 g/mol. The highest BCUT2D eigenvalue weighted by Crippen LogP contribution is 2.30. The molecule has 0 aliphatic rings. The molecule has 1 amide bonds. The number of carbonyl (C=O) groups is 1. The predicted molar refractivity (Wildman–Crippen MR) is 121 cm³/mol. The number of nitrogens with one attached hydrogen (secondary N) is 1. The number of aromatic nitrogens is 4. The zero-order chi connectivity index (χ0) is 23.8. The lowest BCUT2D eigenvalue weighted by atomic mass is 10.1. The largest absolute Gasteiger partial charge is 0.322 e. The van der Waals surface area contributed by atoms with Crippen LogP contribution in [-0.4, -0.2) is 25.5 Å². The van der Waals surface area contributed by atoms with Crippen LogP contribution in [0.25, 0.3) is 28.0 Å². The Morgan fingerprint density at radius 2 is 1.74 bits per heavy atom. The van der Waals surface area contributed by atoms with Crippen LogP contribution in [0.3, 0.4) is 0 Å². The first-order valence-electron chi connectivity index (χ1n) is 10.2. The number of nitrogens with zero attached hydrogens (tertiary/aromatic N) is 4. The first kappa shape index (κ1) is 21.3. The Balaban J connectivity index is 1.55. The standard InChI is InChI=1S/C25H16F3N5O/c1-14-20(25(34)32-17-7-5-16(26)6-8-17)11-15(12-29-14)18-9-10-31-33-22(13-30-24(18)33)19-3-2-4-21(27)23(19)28/h2-13H,1H3,(H,32,34). The fourth-order valence-electron chi connectivity index (χ4n) is 3.65. The lowest BCUT2D eigenvalue weighted by Crippen LogP contribution is -2.14. The molecule has 168 valence electrons. The highest BCUT2D eigenvalue weighted by atomic mass is 19.2. The zero-order valence-corrected chi connectivity index (χ0v) is 17.8. The number of hydrogen-bond donors (Lipinski definition) is 1. The second kappa shape index (κ2) is 8.43. The van der Waals surface area contributed by atoms with Crippen molar-refractivity contribution in [3.05, 3.63) is 102 Å². The van der Waals surface area contributed by atoms with Gasteiger partial charge in [-0.2, -0.15) is 5.10 Å². The van der Waals surface area contributed by atoms with Crippen molar-refractivity contribution in [2.75, 3.05) is 5.32 Å². The summed E-state index contributed by atoms with van der Waals surface area (Å²) in [4.78, 5) is 21.6. The molecule has 0 saturated heterocycles. The molecule has 6 nitrogen and oxygen atoms in total. The molecule has 3 aromatic heterocycles. The number of imidazole rings is 1. The molecule has 0 aliphatic carbocycles. The Morgan fingerprint density at radius 3 is 2.53 bits per heavy atom. The minimum atomic E-state index is -0.992. The van der Waals surface area contributed by atoms with Crippen LogP contribution in [0.2, 0.25) is 0 Å². The quantitative estimate of drug-likeness (QED) is 0.389. The van der Waals surface area contributed by atoms with Gasteiger partial charge in [0, 0.05) is 34.8 Å². The van der Waals surface area contributed by atoms with E-state index in [1.807, 2.05) is 0 Å². The average molecular weight is 459 g/mol. The number of pyridine rings is 1. The van der Waals surface area contributed by atoms with E-state index in [0.717, 1.165) is 6.07 Å². The van der Waals surface area contributed by atoms with Gasteiger partial charge in [0.15, 0.2) is 17.3 Å². The lowest BCUT2D eigenvalue weighted by molar-refractivity contribution is 0.102. The van der Waals surface area contributed by atoms with Crippen LogP contribution in [0.1, 0.15) is 16.1 Å². The Hall–Kier alpha value is -4.53. The molecule has 34 heavy (non-hydrogen) atoms. The van der Waals surface area contributed by atoms with E-state index in [1.165, 1.54) is 53.3 Å². The van der Waals surface area contributed by atoms with E-state index in [1.54, 1.807) is 25.3 Å². The average Bonchev–Trinajstić information content (AvgIpc) is 3.27. The van der Waals surface area contributed by atoms with Crippen molar-refractivity contribution in [1.82, 2.24) is 19.6 Å². The number of carbonyl (C=O) groups excluding carboxylic acids is 1. The first-order valence-corrected chi connectivity index (χ1v) is 10.2. The van der Waals surface area contributed by atoms with E-state index >= 15 is 0 Å². The number of amides is 1. The molecule has 2 aromatic carbocycles. The van der Waals surface area contributed by atoms with Crippen molar-refractivity contribution in [2.24, 2.45) is 0 Å². The summed E-state index contributed by atoms with van der Waals surface area (Å²) in [6, 6.07) is 12.7. The van der Waals surface area contributed by atoms with Crippen LogP contribution in [0.4, 0.5) is 18.9 Å². The van der Waals surface area contributed by atoms with Crippen LogP contribution in [0, 0.1) is 24.4 Å². The number of anilines is 1. The normalized spacial score (nSPS) is 11.1. The molecule has 0 radical (unpaired) electrons. The molecule has 5 aromatic rings. The third-order valence-corrected chi connectivity index (χ3v) is 5.37. The number of fused-ring (bicyclic) bond motifs is 1. The molecule has 0 atom stereocenters. The molecule has 0 bridgehead atoms. The summed E-state index contributed by atoms with van der Waals surface area (Å²) >= 11 is 0. The van der Waals surface area contributed by atoms with Gasteiger partial charge < -0.3 is 5.32 Å². The predicted octanol–water partition coefficient (Wildman–Crippen LogP) is 5.44. The van der Waals surface area contributed by atoms with Crippen LogP contribution < -0.4 is 5.32 Å². The van der Waals surface area contributed by atoms with E-state index in [0.29, 0.717) is 33.7 Å². The van der Waals surface area contributed by atoms with E-state index in [2.05, 4.69) is 20.4 Å². The highest BCUT2D eigenvalue weighted by Gasteiger charge is 2.18. The maximum Gasteiger partial charge on any atom is 0.257 e. The molecule has 9 heteroatoms. The van der Waals surface area contributed by atoms with Gasteiger partial charge in [0.2, 0.25) is 0 Å². The first-order chi connectivity index (χ1) is 16.4. The third-order valence-electron chi connectivity index (χ3n) is 5.37. The van der Waals surface area contributed by atoms with Crippen LogP contribution in [-0.2, 0) is 0 Å². The van der Waals surface area contributed by atoms with Crippen molar-refractivity contribution < 1.29 is 18.0 Å². The van der Waals surface area contributed by atoms with Gasteiger partial charge in [-0.15, -0.1) is 0 Å². The van der Waals surface area contributed by atoms with Gasteiger partial charge in [0.1, 0.15) is 5.82 Å². The summed E-state index contributed by atoms with van der Waals surface area (Å²) in [6.45, 7) is 1.70. The van der Waals surface area contributed by atoms with Gasteiger partial charge in [0.25, 0.3) is 5.91 Å². The minimum Gasteiger partial charge on any atom is -0.322 e. The van der Waals surface area contributed by atoms with Gasteiger partial charge >= 0.3 is 0 Å². The monoisotopic (exact) mass is 459 g/mol. The van der Waals surface area contributed by atoms with Crippen LogP contribution >= 0.6 is 0 Å². The van der Waals surface area contributed by atoms with Crippen molar-refractivity contribution in [2.45, 2.75) is 6.92 Å². The molecule has 5 rings (SSSR count). The number of halogens is 3. The van der Waals surface area contributed by atoms with E-state index in [9.17, 15) is 18.0 Å². The minimum absolute atomic E-state index is 0.0264. The number of benzene rings is 2. The van der Waals surface area contributed by atoms with E-state index in [-0.39, 0.29) is 11.3 Å². The van der Waals surface area contributed by atoms with Gasteiger partial charge in [-0.05, 0) is 55.5 Å². The maximum absolute atomic E-state index is 14.4. The number of aryl methyl sites for hydroxylation is 1. The molecular formula is C25H16F3N5O. The number of hydrogen-bond acceptors (Lipinski definition) is 4. The summed E-state index contributed by atoms with van der Waals surface area (Å²) in [5.41, 5.74) is 3.13. The fraction of sp³-hybridized carbons (Fsp3) is 0.0400. The Morgan fingerprint density at radius 1 is 0.941 bits per heavy atom. The van der Waals surface area contributed by atoms with Crippen LogP contribution in [0.15, 0.2) is 73.2 Å². The fourth-order valence-corrected chi connectivity index (χ4v) is 3.65. The number of rotatable bonds is 4. The second-order valence-electron chi connectivity index (χ2n) is 7.54. The maximum atomic E-state index is 14.4.